The molecule has 0 radical (unpaired) electrons. The molecule has 3 rings (SSSR count). The van der Waals surface area contributed by atoms with Crippen LogP contribution in [-0.4, -0.2) is 56.2 Å². The van der Waals surface area contributed by atoms with Gasteiger partial charge in [-0.05, 0) is 36.1 Å². The number of carbonyl (C=O) groups excluding carboxylic acids is 1. The van der Waals surface area contributed by atoms with Crippen molar-refractivity contribution < 1.29 is 23.1 Å². The van der Waals surface area contributed by atoms with E-state index in [1.165, 1.54) is 10.6 Å². The van der Waals surface area contributed by atoms with Gasteiger partial charge < -0.3 is 15.2 Å². The summed E-state index contributed by atoms with van der Waals surface area (Å²) in [6, 6.07) is 5.58. The van der Waals surface area contributed by atoms with E-state index in [1.807, 2.05) is 18.2 Å². The van der Waals surface area contributed by atoms with Crippen molar-refractivity contribution in [3.8, 4) is 5.75 Å². The van der Waals surface area contributed by atoms with Crippen LogP contribution in [0.5, 0.6) is 5.75 Å². The van der Waals surface area contributed by atoms with E-state index in [2.05, 4.69) is 5.32 Å². The van der Waals surface area contributed by atoms with Crippen LogP contribution in [0.1, 0.15) is 30.1 Å². The Kier molecular flexibility index (Phi) is 5.31. The van der Waals surface area contributed by atoms with Gasteiger partial charge in [-0.3, -0.25) is 4.79 Å². The molecule has 138 valence electrons. The minimum atomic E-state index is -3.19. The van der Waals surface area contributed by atoms with Gasteiger partial charge in [0.1, 0.15) is 5.75 Å². The van der Waals surface area contributed by atoms with E-state index < -0.39 is 16.1 Å². The van der Waals surface area contributed by atoms with E-state index in [0.29, 0.717) is 32.5 Å². The van der Waals surface area contributed by atoms with E-state index in [-0.39, 0.29) is 18.4 Å². The molecule has 1 unspecified atom stereocenters. The predicted molar refractivity (Wildman–Crippen MR) is 92.8 cm³/mol. The smallest absolute Gasteiger partial charge is 0.223 e. The molecule has 1 aromatic carbocycles. The van der Waals surface area contributed by atoms with Gasteiger partial charge in [0.15, 0.2) is 0 Å². The molecule has 1 saturated heterocycles. The maximum Gasteiger partial charge on any atom is 0.223 e. The molecule has 0 aliphatic carbocycles. The summed E-state index contributed by atoms with van der Waals surface area (Å²) in [7, 11) is -3.19. The fourth-order valence-electron chi connectivity index (χ4n) is 3.32. The molecule has 1 fully saturated rings. The number of hydrogen-bond acceptors (Lipinski definition) is 5. The fourth-order valence-corrected chi connectivity index (χ4v) is 4.20. The summed E-state index contributed by atoms with van der Waals surface area (Å²) in [5, 5.41) is 13.1. The van der Waals surface area contributed by atoms with Crippen LogP contribution in [0.15, 0.2) is 18.2 Å². The zero-order valence-electron chi connectivity index (χ0n) is 14.3. The monoisotopic (exact) mass is 368 g/mol. The van der Waals surface area contributed by atoms with Gasteiger partial charge in [-0.1, -0.05) is 6.07 Å². The third-order valence-corrected chi connectivity index (χ3v) is 6.16. The predicted octanol–water partition coefficient (Wildman–Crippen LogP) is 0.443. The lowest BCUT2D eigenvalue weighted by atomic mass is 9.97. The minimum absolute atomic E-state index is 0.128. The van der Waals surface area contributed by atoms with Gasteiger partial charge in [-0.2, -0.15) is 0 Å². The van der Waals surface area contributed by atoms with Gasteiger partial charge in [0.25, 0.3) is 0 Å². The summed E-state index contributed by atoms with van der Waals surface area (Å²) >= 11 is 0. The topological polar surface area (TPSA) is 95.9 Å². The summed E-state index contributed by atoms with van der Waals surface area (Å²) in [4.78, 5) is 12.3. The van der Waals surface area contributed by atoms with Crippen LogP contribution < -0.4 is 10.1 Å². The molecule has 8 heteroatoms. The van der Waals surface area contributed by atoms with Crippen LogP contribution in [0.3, 0.4) is 0 Å². The van der Waals surface area contributed by atoms with Crippen LogP contribution in [0.2, 0.25) is 0 Å². The maximum atomic E-state index is 12.3. The molecule has 1 amide bonds. The van der Waals surface area contributed by atoms with Crippen molar-refractivity contribution in [2.45, 2.75) is 25.4 Å². The molecule has 2 aliphatic rings. The van der Waals surface area contributed by atoms with Crippen molar-refractivity contribution in [2.24, 2.45) is 5.92 Å². The second kappa shape index (κ2) is 7.31. The van der Waals surface area contributed by atoms with Crippen molar-refractivity contribution in [2.75, 3.05) is 32.5 Å². The average molecular weight is 368 g/mol. The zero-order valence-corrected chi connectivity index (χ0v) is 15.1. The lowest BCUT2D eigenvalue weighted by Crippen LogP contribution is -2.43. The number of nitrogens with zero attached hydrogens (tertiary/aromatic N) is 1. The van der Waals surface area contributed by atoms with Gasteiger partial charge in [0.2, 0.25) is 15.9 Å². The number of sulfonamides is 1. The van der Waals surface area contributed by atoms with Gasteiger partial charge in [-0.15, -0.1) is 0 Å². The third kappa shape index (κ3) is 4.31. The second-order valence-corrected chi connectivity index (χ2v) is 8.65. The third-order valence-electron chi connectivity index (χ3n) is 4.86. The highest BCUT2D eigenvalue weighted by atomic mass is 32.2. The number of rotatable bonds is 5. The number of fused-ring (bicyclic) bond motifs is 1. The van der Waals surface area contributed by atoms with Crippen LogP contribution in [0.4, 0.5) is 0 Å². The summed E-state index contributed by atoms with van der Waals surface area (Å²) in [5.41, 5.74) is 1.84. The van der Waals surface area contributed by atoms with E-state index in [1.54, 1.807) is 0 Å². The minimum Gasteiger partial charge on any atom is -0.493 e. The normalized spacial score (nSPS) is 19.9. The highest BCUT2D eigenvalue weighted by molar-refractivity contribution is 7.88. The molecule has 2 heterocycles. The summed E-state index contributed by atoms with van der Waals surface area (Å²) in [6.45, 7) is 1.54. The summed E-state index contributed by atoms with van der Waals surface area (Å²) in [5.74, 6) is 0.521. The summed E-state index contributed by atoms with van der Waals surface area (Å²) < 4.78 is 29.8. The first-order valence-electron chi connectivity index (χ1n) is 8.51. The summed E-state index contributed by atoms with van der Waals surface area (Å²) in [6.07, 6.45) is 2.26. The standard InChI is InChI=1S/C17H24N2O5S/c1-25(22,23)19-7-4-12(5-8-19)17(21)18-11-15(20)13-2-3-16-14(10-13)6-9-24-16/h2-3,10,12,15,20H,4-9,11H2,1H3,(H,18,21). The maximum absolute atomic E-state index is 12.3. The van der Waals surface area contributed by atoms with Gasteiger partial charge in [0, 0.05) is 32.0 Å². The van der Waals surface area contributed by atoms with E-state index >= 15 is 0 Å². The van der Waals surface area contributed by atoms with Crippen LogP contribution in [0, 0.1) is 5.92 Å². The first kappa shape index (κ1) is 18.2. The Morgan fingerprint density at radius 2 is 2.12 bits per heavy atom. The number of ether oxygens (including phenoxy) is 1. The largest absolute Gasteiger partial charge is 0.493 e. The Morgan fingerprint density at radius 1 is 1.40 bits per heavy atom. The number of aliphatic hydroxyl groups excluding tert-OH is 1. The highest BCUT2D eigenvalue weighted by Gasteiger charge is 2.29. The number of carbonyl (C=O) groups is 1. The Bertz CT molecular complexity index is 741. The second-order valence-electron chi connectivity index (χ2n) is 6.66. The highest BCUT2D eigenvalue weighted by Crippen LogP contribution is 2.28. The van der Waals surface area contributed by atoms with Crippen LogP contribution in [-0.2, 0) is 21.2 Å². The number of aliphatic hydroxyl groups is 1. The van der Waals surface area contributed by atoms with Crippen molar-refractivity contribution in [1.29, 1.82) is 0 Å². The lowest BCUT2D eigenvalue weighted by Gasteiger charge is -2.29. The molecule has 0 bridgehead atoms. The van der Waals surface area contributed by atoms with Gasteiger partial charge >= 0.3 is 0 Å². The first-order chi connectivity index (χ1) is 11.8. The number of amides is 1. The van der Waals surface area contributed by atoms with E-state index in [4.69, 9.17) is 4.74 Å². The molecule has 0 saturated carbocycles. The van der Waals surface area contributed by atoms with Crippen LogP contribution in [0.25, 0.3) is 0 Å². The zero-order chi connectivity index (χ0) is 18.0. The fraction of sp³-hybridized carbons (Fsp3) is 0.588. The SMILES string of the molecule is CS(=O)(=O)N1CCC(C(=O)NCC(O)c2ccc3c(c2)CCO3)CC1. The quantitative estimate of drug-likeness (QED) is 0.786. The molecule has 1 aromatic rings. The van der Waals surface area contributed by atoms with Gasteiger partial charge in [0.05, 0.1) is 19.0 Å². The molecule has 25 heavy (non-hydrogen) atoms. The number of nitrogens with one attached hydrogen (secondary N) is 1. The Hall–Kier alpha value is -1.64. The number of piperidine rings is 1. The lowest BCUT2D eigenvalue weighted by molar-refractivity contribution is -0.126. The molecule has 0 aromatic heterocycles. The molecular weight excluding hydrogens is 344 g/mol. The van der Waals surface area contributed by atoms with Crippen molar-refractivity contribution in [1.82, 2.24) is 9.62 Å². The van der Waals surface area contributed by atoms with E-state index in [0.717, 1.165) is 23.3 Å². The number of hydrogen-bond donors (Lipinski definition) is 2. The molecule has 1 atom stereocenters. The van der Waals surface area contributed by atoms with Crippen molar-refractivity contribution in [3.05, 3.63) is 29.3 Å². The Morgan fingerprint density at radius 3 is 2.80 bits per heavy atom. The Balaban J connectivity index is 1.49. The molecule has 2 N–H and O–H groups in total. The molecule has 0 spiro atoms. The van der Waals surface area contributed by atoms with Crippen molar-refractivity contribution in [3.63, 3.8) is 0 Å². The van der Waals surface area contributed by atoms with E-state index in [9.17, 15) is 18.3 Å². The Labute approximate surface area is 148 Å². The molecule has 7 nitrogen and oxygen atoms in total. The van der Waals surface area contributed by atoms with Crippen LogP contribution >= 0.6 is 0 Å². The molecule has 2 aliphatic heterocycles. The average Bonchev–Trinajstić information content (AvgIpc) is 3.06. The molecular formula is C17H24N2O5S. The van der Waals surface area contributed by atoms with Crippen molar-refractivity contribution >= 4 is 15.9 Å². The van der Waals surface area contributed by atoms with Gasteiger partial charge in [-0.25, -0.2) is 12.7 Å². The first-order valence-corrected chi connectivity index (χ1v) is 10.4. The number of benzene rings is 1.